The van der Waals surface area contributed by atoms with Crippen molar-refractivity contribution in [2.24, 2.45) is 0 Å². The highest BCUT2D eigenvalue weighted by Crippen LogP contribution is 2.28. The first-order chi connectivity index (χ1) is 7.54. The van der Waals surface area contributed by atoms with E-state index in [2.05, 4.69) is 15.9 Å². The average molecular weight is 286 g/mol. The molecule has 2 rings (SSSR count). The van der Waals surface area contributed by atoms with E-state index in [4.69, 9.17) is 5.11 Å². The Morgan fingerprint density at radius 1 is 1.50 bits per heavy atom. The van der Waals surface area contributed by atoms with E-state index in [1.54, 1.807) is 4.57 Å². The number of aromatic carboxylic acids is 1. The third-order valence-corrected chi connectivity index (χ3v) is 3.05. The van der Waals surface area contributed by atoms with Crippen LogP contribution in [0.5, 0.6) is 0 Å². The number of carboxylic acids is 1. The Labute approximate surface area is 99.6 Å². The number of fused-ring (bicyclic) bond motifs is 1. The van der Waals surface area contributed by atoms with Gasteiger partial charge in [0.15, 0.2) is 0 Å². The number of hydrogen-bond acceptors (Lipinski definition) is 1. The number of halogens is 2. The summed E-state index contributed by atoms with van der Waals surface area (Å²) >= 11 is 3.25. The summed E-state index contributed by atoms with van der Waals surface area (Å²) in [7, 11) is 0. The second-order valence-corrected chi connectivity index (χ2v) is 4.26. The van der Waals surface area contributed by atoms with Gasteiger partial charge in [0.2, 0.25) is 0 Å². The monoisotopic (exact) mass is 285 g/mol. The largest absolute Gasteiger partial charge is 0.477 e. The van der Waals surface area contributed by atoms with Crippen LogP contribution in [0.1, 0.15) is 17.4 Å². The van der Waals surface area contributed by atoms with E-state index in [9.17, 15) is 9.18 Å². The van der Waals surface area contributed by atoms with Crippen LogP contribution >= 0.6 is 15.9 Å². The Morgan fingerprint density at radius 3 is 2.75 bits per heavy atom. The fraction of sp³-hybridized carbons (Fsp3) is 0.182. The summed E-state index contributed by atoms with van der Waals surface area (Å²) in [5, 5.41) is 9.62. The zero-order valence-corrected chi connectivity index (χ0v) is 10.1. The van der Waals surface area contributed by atoms with Gasteiger partial charge in [-0.3, -0.25) is 0 Å². The van der Waals surface area contributed by atoms with Crippen LogP contribution in [0, 0.1) is 5.82 Å². The molecule has 0 saturated carbocycles. The van der Waals surface area contributed by atoms with Crippen LogP contribution in [0.25, 0.3) is 10.9 Å². The standard InChI is InChI=1S/C11H9BrFNO2/c1-2-14-9(11(15)16)4-6-3-7(13)5-8(12)10(6)14/h3-5H,2H2,1H3,(H,15,16). The van der Waals surface area contributed by atoms with Crippen LogP contribution in [-0.4, -0.2) is 15.6 Å². The smallest absolute Gasteiger partial charge is 0.352 e. The van der Waals surface area contributed by atoms with Crippen molar-refractivity contribution in [1.29, 1.82) is 0 Å². The lowest BCUT2D eigenvalue weighted by atomic mass is 10.2. The lowest BCUT2D eigenvalue weighted by Crippen LogP contribution is -2.06. The molecular formula is C11H9BrFNO2. The molecule has 3 nitrogen and oxygen atoms in total. The normalized spacial score (nSPS) is 10.9. The van der Waals surface area contributed by atoms with Gasteiger partial charge < -0.3 is 9.67 Å². The predicted octanol–water partition coefficient (Wildman–Crippen LogP) is 3.26. The van der Waals surface area contributed by atoms with E-state index in [0.29, 0.717) is 21.9 Å². The van der Waals surface area contributed by atoms with Gasteiger partial charge in [-0.2, -0.15) is 0 Å². The molecule has 0 spiro atoms. The van der Waals surface area contributed by atoms with Crippen molar-refractivity contribution in [2.45, 2.75) is 13.5 Å². The third-order valence-electron chi connectivity index (χ3n) is 2.45. The maximum atomic E-state index is 13.2. The van der Waals surface area contributed by atoms with Crippen LogP contribution in [0.4, 0.5) is 4.39 Å². The lowest BCUT2D eigenvalue weighted by Gasteiger charge is -2.05. The van der Waals surface area contributed by atoms with Gasteiger partial charge >= 0.3 is 5.97 Å². The molecule has 84 valence electrons. The number of carbonyl (C=O) groups is 1. The Morgan fingerprint density at radius 2 is 2.19 bits per heavy atom. The second kappa shape index (κ2) is 3.90. The molecule has 0 bridgehead atoms. The molecule has 5 heteroatoms. The van der Waals surface area contributed by atoms with Gasteiger partial charge in [0.25, 0.3) is 0 Å². The number of nitrogens with zero attached hydrogens (tertiary/aromatic N) is 1. The van der Waals surface area contributed by atoms with Gasteiger partial charge in [0, 0.05) is 16.4 Å². The van der Waals surface area contributed by atoms with E-state index in [0.717, 1.165) is 0 Å². The zero-order valence-electron chi connectivity index (χ0n) is 8.50. The van der Waals surface area contributed by atoms with E-state index in [1.165, 1.54) is 18.2 Å². The zero-order chi connectivity index (χ0) is 11.9. The first kappa shape index (κ1) is 11.1. The summed E-state index contributed by atoms with van der Waals surface area (Å²) in [6, 6.07) is 4.15. The summed E-state index contributed by atoms with van der Waals surface area (Å²) < 4.78 is 15.4. The molecule has 1 N–H and O–H groups in total. The Kier molecular flexibility index (Phi) is 2.71. The number of hydrogen-bond donors (Lipinski definition) is 1. The highest BCUT2D eigenvalue weighted by atomic mass is 79.9. The Hall–Kier alpha value is -1.36. The van der Waals surface area contributed by atoms with Crippen molar-refractivity contribution in [3.8, 4) is 0 Å². The van der Waals surface area contributed by atoms with Crippen molar-refractivity contribution < 1.29 is 14.3 Å². The van der Waals surface area contributed by atoms with E-state index in [1.807, 2.05) is 6.92 Å². The molecule has 0 aliphatic heterocycles. The van der Waals surface area contributed by atoms with Crippen molar-refractivity contribution in [1.82, 2.24) is 4.57 Å². The minimum atomic E-state index is -1.01. The van der Waals surface area contributed by atoms with Crippen molar-refractivity contribution in [2.75, 3.05) is 0 Å². The van der Waals surface area contributed by atoms with E-state index < -0.39 is 5.97 Å². The summed E-state index contributed by atoms with van der Waals surface area (Å²) in [4.78, 5) is 11.0. The topological polar surface area (TPSA) is 42.2 Å². The van der Waals surface area contributed by atoms with Gasteiger partial charge in [-0.1, -0.05) is 0 Å². The Balaban J connectivity index is 2.87. The van der Waals surface area contributed by atoms with E-state index >= 15 is 0 Å². The number of rotatable bonds is 2. The molecule has 0 radical (unpaired) electrons. The van der Waals surface area contributed by atoms with Crippen LogP contribution in [0.3, 0.4) is 0 Å². The summed E-state index contributed by atoms with van der Waals surface area (Å²) in [6.45, 7) is 2.37. The van der Waals surface area contributed by atoms with Gasteiger partial charge in [-0.05, 0) is 41.1 Å². The highest BCUT2D eigenvalue weighted by Gasteiger charge is 2.16. The molecule has 0 unspecified atom stereocenters. The molecular weight excluding hydrogens is 277 g/mol. The van der Waals surface area contributed by atoms with Crippen molar-refractivity contribution in [3.05, 3.63) is 34.2 Å². The first-order valence-electron chi connectivity index (χ1n) is 4.76. The predicted molar refractivity (Wildman–Crippen MR) is 62.2 cm³/mol. The van der Waals surface area contributed by atoms with Crippen LogP contribution in [0.15, 0.2) is 22.7 Å². The summed E-state index contributed by atoms with van der Waals surface area (Å²) in [5.41, 5.74) is 0.880. The number of benzene rings is 1. The van der Waals surface area contributed by atoms with Crippen molar-refractivity contribution in [3.63, 3.8) is 0 Å². The average Bonchev–Trinajstić information content (AvgIpc) is 2.56. The maximum Gasteiger partial charge on any atom is 0.352 e. The molecule has 0 aliphatic carbocycles. The number of aryl methyl sites for hydroxylation is 1. The SMILES string of the molecule is CCn1c(C(=O)O)cc2cc(F)cc(Br)c21. The maximum absolute atomic E-state index is 13.2. The molecule has 2 aromatic rings. The van der Waals surface area contributed by atoms with Gasteiger partial charge in [-0.25, -0.2) is 9.18 Å². The summed E-state index contributed by atoms with van der Waals surface area (Å²) in [6.07, 6.45) is 0. The molecule has 1 heterocycles. The van der Waals surface area contributed by atoms with Crippen LogP contribution in [0.2, 0.25) is 0 Å². The Bertz CT molecular complexity index is 577. The molecule has 1 aromatic heterocycles. The lowest BCUT2D eigenvalue weighted by molar-refractivity contribution is 0.0686. The quantitative estimate of drug-likeness (QED) is 0.920. The van der Waals surface area contributed by atoms with E-state index in [-0.39, 0.29) is 11.5 Å². The summed E-state index contributed by atoms with van der Waals surface area (Å²) in [5.74, 6) is -1.39. The van der Waals surface area contributed by atoms with Crippen LogP contribution < -0.4 is 0 Å². The van der Waals surface area contributed by atoms with Gasteiger partial charge in [0.05, 0.1) is 5.52 Å². The minimum Gasteiger partial charge on any atom is -0.477 e. The first-order valence-corrected chi connectivity index (χ1v) is 5.55. The van der Waals surface area contributed by atoms with Gasteiger partial charge in [0.1, 0.15) is 11.5 Å². The third kappa shape index (κ3) is 1.61. The molecule has 0 aliphatic rings. The second-order valence-electron chi connectivity index (χ2n) is 3.40. The highest BCUT2D eigenvalue weighted by molar-refractivity contribution is 9.10. The van der Waals surface area contributed by atoms with Gasteiger partial charge in [-0.15, -0.1) is 0 Å². The molecule has 0 amide bonds. The number of carboxylic acid groups (broad SMARTS) is 1. The molecule has 0 atom stereocenters. The van der Waals surface area contributed by atoms with Crippen molar-refractivity contribution >= 4 is 32.8 Å². The molecule has 0 fully saturated rings. The van der Waals surface area contributed by atoms with Crippen LogP contribution in [-0.2, 0) is 6.54 Å². The molecule has 0 saturated heterocycles. The number of aromatic nitrogens is 1. The fourth-order valence-corrected chi connectivity index (χ4v) is 2.49. The molecule has 1 aromatic carbocycles. The minimum absolute atomic E-state index is 0.170. The molecule has 16 heavy (non-hydrogen) atoms. The fourth-order valence-electron chi connectivity index (χ4n) is 1.83.